The molecule has 0 radical (unpaired) electrons. The van der Waals surface area contributed by atoms with Gasteiger partial charge in [0.1, 0.15) is 12.1 Å². The minimum atomic E-state index is -0.573. The van der Waals surface area contributed by atoms with Gasteiger partial charge in [0.15, 0.2) is 0 Å². The molecule has 0 aliphatic rings. The number of ether oxygens (including phenoxy) is 1. The molecule has 1 aromatic carbocycles. The minimum absolute atomic E-state index is 0.0346. The maximum absolute atomic E-state index is 11.5. The van der Waals surface area contributed by atoms with E-state index in [1.165, 1.54) is 12.5 Å². The molecule has 3 rings (SSSR count). The van der Waals surface area contributed by atoms with Crippen molar-refractivity contribution in [2.75, 3.05) is 5.32 Å². The summed E-state index contributed by atoms with van der Waals surface area (Å²) < 4.78 is 5.66. The van der Waals surface area contributed by atoms with Crippen molar-refractivity contribution >= 4 is 17.2 Å². The molecule has 8 heteroatoms. The molecular formula is C17H15N5O3. The molecule has 2 heterocycles. The summed E-state index contributed by atoms with van der Waals surface area (Å²) in [4.78, 5) is 22.8. The van der Waals surface area contributed by atoms with Crippen molar-refractivity contribution < 1.29 is 9.66 Å². The zero-order chi connectivity index (χ0) is 17.8. The Morgan fingerprint density at radius 1 is 1.16 bits per heavy atom. The molecule has 1 N–H and O–H groups in total. The van der Waals surface area contributed by atoms with Crippen LogP contribution in [0.15, 0.2) is 49.1 Å². The lowest BCUT2D eigenvalue weighted by Crippen LogP contribution is -2.03. The highest BCUT2D eigenvalue weighted by Gasteiger charge is 2.25. The molecule has 25 heavy (non-hydrogen) atoms. The molecule has 3 aromatic rings. The quantitative estimate of drug-likeness (QED) is 0.555. The van der Waals surface area contributed by atoms with Gasteiger partial charge in [0.25, 0.3) is 0 Å². The van der Waals surface area contributed by atoms with Crippen LogP contribution in [-0.4, -0.2) is 19.9 Å². The second kappa shape index (κ2) is 6.91. The average molecular weight is 337 g/mol. The number of nitrogens with zero attached hydrogens (tertiary/aromatic N) is 4. The van der Waals surface area contributed by atoms with E-state index >= 15 is 0 Å². The number of hydrogen-bond acceptors (Lipinski definition) is 7. The molecule has 0 unspecified atom stereocenters. The number of aryl methyl sites for hydroxylation is 2. The van der Waals surface area contributed by atoms with Crippen LogP contribution >= 0.6 is 0 Å². The fourth-order valence-electron chi connectivity index (χ4n) is 2.37. The molecule has 8 nitrogen and oxygen atoms in total. The number of rotatable bonds is 5. The first-order valence-electron chi connectivity index (χ1n) is 7.45. The molecule has 0 saturated carbocycles. The predicted octanol–water partition coefficient (Wildman–Crippen LogP) is 3.93. The Morgan fingerprint density at radius 2 is 1.92 bits per heavy atom. The molecular weight excluding hydrogens is 322 g/mol. The molecule has 0 fully saturated rings. The molecule has 126 valence electrons. The van der Waals surface area contributed by atoms with E-state index in [1.54, 1.807) is 30.5 Å². The van der Waals surface area contributed by atoms with Crippen molar-refractivity contribution in [2.24, 2.45) is 0 Å². The summed E-state index contributed by atoms with van der Waals surface area (Å²) in [6.07, 6.45) is 4.36. The Labute approximate surface area is 143 Å². The van der Waals surface area contributed by atoms with Crippen LogP contribution in [0.1, 0.15) is 11.1 Å². The minimum Gasteiger partial charge on any atom is -0.434 e. The summed E-state index contributed by atoms with van der Waals surface area (Å²) >= 11 is 0. The van der Waals surface area contributed by atoms with E-state index in [0.29, 0.717) is 11.4 Å². The van der Waals surface area contributed by atoms with E-state index in [0.717, 1.165) is 11.1 Å². The van der Waals surface area contributed by atoms with Gasteiger partial charge in [-0.3, -0.25) is 15.1 Å². The number of pyridine rings is 1. The van der Waals surface area contributed by atoms with E-state index in [-0.39, 0.29) is 17.4 Å². The van der Waals surface area contributed by atoms with Gasteiger partial charge in [0.2, 0.25) is 5.82 Å². The smallest absolute Gasteiger partial charge is 0.373 e. The van der Waals surface area contributed by atoms with Crippen LogP contribution in [0.2, 0.25) is 0 Å². The lowest BCUT2D eigenvalue weighted by Gasteiger charge is -2.10. The van der Waals surface area contributed by atoms with E-state index in [4.69, 9.17) is 4.74 Å². The molecule has 0 saturated heterocycles. The van der Waals surface area contributed by atoms with Gasteiger partial charge in [0, 0.05) is 6.20 Å². The number of nitro groups is 1. The normalized spacial score (nSPS) is 10.3. The molecule has 0 spiro atoms. The van der Waals surface area contributed by atoms with Gasteiger partial charge < -0.3 is 10.1 Å². The van der Waals surface area contributed by atoms with Gasteiger partial charge in [0.05, 0.1) is 16.8 Å². The summed E-state index contributed by atoms with van der Waals surface area (Å²) in [7, 11) is 0. The summed E-state index contributed by atoms with van der Waals surface area (Å²) in [6, 6.07) is 8.99. The van der Waals surface area contributed by atoms with E-state index in [1.807, 2.05) is 19.9 Å². The van der Waals surface area contributed by atoms with Crippen LogP contribution < -0.4 is 10.1 Å². The van der Waals surface area contributed by atoms with E-state index < -0.39 is 4.92 Å². The Kier molecular flexibility index (Phi) is 4.51. The lowest BCUT2D eigenvalue weighted by atomic mass is 10.1. The molecule has 0 aliphatic heterocycles. The maximum Gasteiger partial charge on any atom is 0.373 e. The number of nitrogens with one attached hydrogen (secondary N) is 1. The zero-order valence-electron chi connectivity index (χ0n) is 13.6. The van der Waals surface area contributed by atoms with Crippen molar-refractivity contribution in [3.05, 3.63) is 70.3 Å². The van der Waals surface area contributed by atoms with E-state index in [9.17, 15) is 10.1 Å². The van der Waals surface area contributed by atoms with Gasteiger partial charge in [-0.2, -0.15) is 4.98 Å². The summed E-state index contributed by atoms with van der Waals surface area (Å²) in [5.41, 5.74) is 2.20. The maximum atomic E-state index is 11.5. The first kappa shape index (κ1) is 16.3. The van der Waals surface area contributed by atoms with Crippen LogP contribution in [0.5, 0.6) is 11.6 Å². The van der Waals surface area contributed by atoms with Crippen molar-refractivity contribution in [1.82, 2.24) is 15.0 Å². The van der Waals surface area contributed by atoms with Gasteiger partial charge in [-0.15, -0.1) is 0 Å². The highest BCUT2D eigenvalue weighted by molar-refractivity contribution is 5.68. The third kappa shape index (κ3) is 3.86. The largest absolute Gasteiger partial charge is 0.434 e. The summed E-state index contributed by atoms with van der Waals surface area (Å²) in [5.74, 6) is 0.385. The molecule has 0 amide bonds. The number of aromatic nitrogens is 3. The lowest BCUT2D eigenvalue weighted by molar-refractivity contribution is -0.385. The van der Waals surface area contributed by atoms with E-state index in [2.05, 4.69) is 20.3 Å². The van der Waals surface area contributed by atoms with Crippen molar-refractivity contribution in [2.45, 2.75) is 13.8 Å². The van der Waals surface area contributed by atoms with Crippen molar-refractivity contribution in [3.63, 3.8) is 0 Å². The second-order valence-electron chi connectivity index (χ2n) is 5.43. The van der Waals surface area contributed by atoms with Gasteiger partial charge in [-0.1, -0.05) is 6.07 Å². The molecule has 0 bridgehead atoms. The first-order chi connectivity index (χ1) is 12.0. The monoisotopic (exact) mass is 337 g/mol. The fraction of sp³-hybridized carbons (Fsp3) is 0.118. The predicted molar refractivity (Wildman–Crippen MR) is 92.2 cm³/mol. The van der Waals surface area contributed by atoms with Crippen molar-refractivity contribution in [3.8, 4) is 11.6 Å². The SMILES string of the molecule is Cc1cc(C)cc(Oc2ncnc(Nc3cccnc3)c2[N+](=O)[O-])c1. The molecule has 0 atom stereocenters. The highest BCUT2D eigenvalue weighted by atomic mass is 16.6. The fourth-order valence-corrected chi connectivity index (χ4v) is 2.37. The highest BCUT2D eigenvalue weighted by Crippen LogP contribution is 2.35. The Morgan fingerprint density at radius 3 is 2.56 bits per heavy atom. The average Bonchev–Trinajstić information content (AvgIpc) is 2.54. The van der Waals surface area contributed by atoms with Crippen LogP contribution in [0.3, 0.4) is 0 Å². The summed E-state index contributed by atoms with van der Waals surface area (Å²) in [5, 5.41) is 14.4. The molecule has 0 aliphatic carbocycles. The summed E-state index contributed by atoms with van der Waals surface area (Å²) in [6.45, 7) is 3.84. The first-order valence-corrected chi connectivity index (χ1v) is 7.45. The molecule has 2 aromatic heterocycles. The van der Waals surface area contributed by atoms with Crippen LogP contribution in [0, 0.1) is 24.0 Å². The number of hydrogen-bond donors (Lipinski definition) is 1. The Balaban J connectivity index is 1.99. The van der Waals surface area contributed by atoms with Crippen molar-refractivity contribution in [1.29, 1.82) is 0 Å². The second-order valence-corrected chi connectivity index (χ2v) is 5.43. The Hall–Kier alpha value is -3.55. The standard InChI is InChI=1S/C17H15N5O3/c1-11-6-12(2)8-14(7-11)25-17-15(22(23)24)16(19-10-20-17)21-13-4-3-5-18-9-13/h3-10H,1-2H3,(H,19,20,21). The van der Waals surface area contributed by atoms with Gasteiger partial charge in [-0.25, -0.2) is 4.98 Å². The van der Waals surface area contributed by atoms with Crippen LogP contribution in [-0.2, 0) is 0 Å². The third-order valence-corrected chi connectivity index (χ3v) is 3.31. The van der Waals surface area contributed by atoms with Gasteiger partial charge >= 0.3 is 11.6 Å². The Bertz CT molecular complexity index is 895. The third-order valence-electron chi connectivity index (χ3n) is 3.31. The van der Waals surface area contributed by atoms with Crippen LogP contribution in [0.25, 0.3) is 0 Å². The van der Waals surface area contributed by atoms with Crippen LogP contribution in [0.4, 0.5) is 17.2 Å². The number of anilines is 2. The zero-order valence-corrected chi connectivity index (χ0v) is 13.6. The number of benzene rings is 1. The van der Waals surface area contributed by atoms with Gasteiger partial charge in [-0.05, 0) is 49.2 Å². The topological polar surface area (TPSA) is 103 Å².